The van der Waals surface area contributed by atoms with Crippen LogP contribution in [0.15, 0.2) is 0 Å². The second kappa shape index (κ2) is 4.35. The number of fused-ring (bicyclic) bond motifs is 1. The van der Waals surface area contributed by atoms with Crippen molar-refractivity contribution in [2.24, 2.45) is 0 Å². The smallest absolute Gasteiger partial charge is 0.123 e. The molecule has 3 nitrogen and oxygen atoms in total. The van der Waals surface area contributed by atoms with E-state index in [9.17, 15) is 0 Å². The Kier molecular flexibility index (Phi) is 2.94. The van der Waals surface area contributed by atoms with E-state index in [1.165, 1.54) is 40.5 Å². The Morgan fingerprint density at radius 1 is 1.28 bits per heavy atom. The minimum absolute atomic E-state index is 0.616. The Hall–Kier alpha value is -0.870. The highest BCUT2D eigenvalue weighted by molar-refractivity contribution is 7.17. The van der Waals surface area contributed by atoms with E-state index in [1.54, 1.807) is 0 Å². The number of rotatable bonds is 1. The first-order valence-corrected chi connectivity index (χ1v) is 7.53. The summed E-state index contributed by atoms with van der Waals surface area (Å²) in [5, 5.41) is 0. The number of aryl methyl sites for hydroxylation is 3. The first-order valence-electron chi connectivity index (χ1n) is 6.71. The van der Waals surface area contributed by atoms with Crippen LogP contribution in [-0.4, -0.2) is 34.4 Å². The molecular weight excluding hydrogens is 242 g/mol. The summed E-state index contributed by atoms with van der Waals surface area (Å²) >= 11 is 1.90. The van der Waals surface area contributed by atoms with Crippen LogP contribution in [-0.2, 0) is 0 Å². The van der Waals surface area contributed by atoms with Crippen molar-refractivity contribution in [2.45, 2.75) is 39.5 Å². The lowest BCUT2D eigenvalue weighted by Crippen LogP contribution is -2.31. The summed E-state index contributed by atoms with van der Waals surface area (Å²) in [6, 6.07) is 0. The molecule has 0 aliphatic carbocycles. The van der Waals surface area contributed by atoms with Gasteiger partial charge in [-0.1, -0.05) is 0 Å². The van der Waals surface area contributed by atoms with Gasteiger partial charge in [-0.05, 0) is 47.2 Å². The average Bonchev–Trinajstić information content (AvgIpc) is 2.79. The van der Waals surface area contributed by atoms with Gasteiger partial charge in [-0.2, -0.15) is 0 Å². The molecule has 0 spiro atoms. The Balaban J connectivity index is 2.09. The van der Waals surface area contributed by atoms with Crippen LogP contribution >= 0.6 is 11.3 Å². The topological polar surface area (TPSA) is 20.5 Å². The molecule has 1 aliphatic rings. The molecule has 2 aromatic rings. The Labute approximate surface area is 112 Å². The third kappa shape index (κ3) is 1.79. The second-order valence-electron chi connectivity index (χ2n) is 5.53. The average molecular weight is 263 g/mol. The zero-order valence-electron chi connectivity index (χ0n) is 11.7. The SMILES string of the molecule is Cc1sc2c([C@@H]3CCCN(C)C3)nc(C)n2c1C. The third-order valence-electron chi connectivity index (χ3n) is 4.13. The molecule has 4 heteroatoms. The highest BCUT2D eigenvalue weighted by Crippen LogP contribution is 2.34. The Morgan fingerprint density at radius 2 is 2.06 bits per heavy atom. The van der Waals surface area contributed by atoms with Gasteiger partial charge in [-0.15, -0.1) is 11.3 Å². The van der Waals surface area contributed by atoms with Gasteiger partial charge in [0.1, 0.15) is 10.7 Å². The van der Waals surface area contributed by atoms with Gasteiger partial charge in [-0.25, -0.2) is 4.98 Å². The molecule has 1 atom stereocenters. The molecule has 0 radical (unpaired) electrons. The van der Waals surface area contributed by atoms with E-state index in [4.69, 9.17) is 4.98 Å². The lowest BCUT2D eigenvalue weighted by atomic mass is 9.96. The van der Waals surface area contributed by atoms with Gasteiger partial charge < -0.3 is 4.90 Å². The van der Waals surface area contributed by atoms with Crippen molar-refractivity contribution >= 4 is 16.2 Å². The molecule has 1 aliphatic heterocycles. The molecule has 3 rings (SSSR count). The van der Waals surface area contributed by atoms with Gasteiger partial charge in [0.25, 0.3) is 0 Å². The van der Waals surface area contributed by atoms with Gasteiger partial charge in [0, 0.05) is 23.0 Å². The Bertz CT molecular complexity index is 581. The minimum atomic E-state index is 0.616. The highest BCUT2D eigenvalue weighted by Gasteiger charge is 2.25. The van der Waals surface area contributed by atoms with E-state index in [0.717, 1.165) is 12.4 Å². The number of aromatic nitrogens is 2. The zero-order valence-corrected chi connectivity index (χ0v) is 12.5. The first-order chi connectivity index (χ1) is 8.58. The van der Waals surface area contributed by atoms with Crippen molar-refractivity contribution in [2.75, 3.05) is 20.1 Å². The number of thiazole rings is 1. The second-order valence-corrected chi connectivity index (χ2v) is 6.73. The predicted molar refractivity (Wildman–Crippen MR) is 76.8 cm³/mol. The summed E-state index contributed by atoms with van der Waals surface area (Å²) in [4.78, 5) is 10.1. The molecule has 2 aromatic heterocycles. The van der Waals surface area contributed by atoms with Crippen molar-refractivity contribution in [1.82, 2.24) is 14.3 Å². The van der Waals surface area contributed by atoms with Gasteiger partial charge >= 0.3 is 0 Å². The summed E-state index contributed by atoms with van der Waals surface area (Å²) in [6.07, 6.45) is 2.58. The number of likely N-dealkylation sites (tertiary alicyclic amines) is 1. The predicted octanol–water partition coefficient (Wildman–Crippen LogP) is 3.13. The van der Waals surface area contributed by atoms with E-state index < -0.39 is 0 Å². The van der Waals surface area contributed by atoms with Gasteiger partial charge in [0.05, 0.1) is 5.69 Å². The molecule has 3 heterocycles. The van der Waals surface area contributed by atoms with Gasteiger partial charge in [0.15, 0.2) is 0 Å². The minimum Gasteiger partial charge on any atom is -0.306 e. The maximum Gasteiger partial charge on any atom is 0.123 e. The Morgan fingerprint density at radius 3 is 2.78 bits per heavy atom. The normalized spacial score (nSPS) is 21.9. The van der Waals surface area contributed by atoms with E-state index in [1.807, 2.05) is 11.3 Å². The maximum atomic E-state index is 4.86. The van der Waals surface area contributed by atoms with Crippen molar-refractivity contribution in [3.63, 3.8) is 0 Å². The fourth-order valence-electron chi connectivity index (χ4n) is 3.06. The lowest BCUT2D eigenvalue weighted by molar-refractivity contribution is 0.249. The molecule has 18 heavy (non-hydrogen) atoms. The third-order valence-corrected chi connectivity index (χ3v) is 5.32. The molecule has 0 N–H and O–H groups in total. The quantitative estimate of drug-likeness (QED) is 0.788. The van der Waals surface area contributed by atoms with E-state index in [-0.39, 0.29) is 0 Å². The number of piperidine rings is 1. The van der Waals surface area contributed by atoms with Crippen LogP contribution in [0.25, 0.3) is 4.83 Å². The summed E-state index contributed by atoms with van der Waals surface area (Å²) in [5.74, 6) is 1.76. The number of nitrogens with zero attached hydrogens (tertiary/aromatic N) is 3. The maximum absolute atomic E-state index is 4.86. The molecule has 0 unspecified atom stereocenters. The van der Waals surface area contributed by atoms with Gasteiger partial charge in [0.2, 0.25) is 0 Å². The molecule has 0 bridgehead atoms. The van der Waals surface area contributed by atoms with Crippen LogP contribution in [0.5, 0.6) is 0 Å². The molecular formula is C14H21N3S. The van der Waals surface area contributed by atoms with Gasteiger partial charge in [-0.3, -0.25) is 4.40 Å². The van der Waals surface area contributed by atoms with Crippen LogP contribution in [0.4, 0.5) is 0 Å². The van der Waals surface area contributed by atoms with Crippen LogP contribution in [0.3, 0.4) is 0 Å². The molecule has 98 valence electrons. The van der Waals surface area contributed by atoms with Crippen molar-refractivity contribution in [3.8, 4) is 0 Å². The number of hydrogen-bond acceptors (Lipinski definition) is 3. The first kappa shape index (κ1) is 12.2. The number of likely N-dealkylation sites (N-methyl/N-ethyl adjacent to an activating group) is 1. The summed E-state index contributed by atoms with van der Waals surface area (Å²) in [5.41, 5.74) is 2.69. The van der Waals surface area contributed by atoms with Crippen molar-refractivity contribution in [3.05, 3.63) is 22.1 Å². The number of imidazole rings is 1. The zero-order chi connectivity index (χ0) is 12.9. The molecule has 0 saturated carbocycles. The van der Waals surface area contributed by atoms with Crippen molar-refractivity contribution < 1.29 is 0 Å². The van der Waals surface area contributed by atoms with Crippen LogP contribution in [0, 0.1) is 20.8 Å². The van der Waals surface area contributed by atoms with Crippen LogP contribution in [0.1, 0.15) is 40.8 Å². The highest BCUT2D eigenvalue weighted by atomic mass is 32.1. The van der Waals surface area contributed by atoms with Crippen LogP contribution < -0.4 is 0 Å². The molecule has 0 amide bonds. The standard InChI is InChI=1S/C14H21N3S/c1-9-10(2)18-14-13(15-11(3)17(9)14)12-6-5-7-16(4)8-12/h12H,5-8H2,1-4H3/t12-/m1/s1. The molecule has 0 aromatic carbocycles. The number of hydrogen-bond donors (Lipinski definition) is 0. The molecule has 1 fully saturated rings. The molecule has 1 saturated heterocycles. The summed E-state index contributed by atoms with van der Waals surface area (Å²) in [7, 11) is 2.22. The summed E-state index contributed by atoms with van der Waals surface area (Å²) in [6.45, 7) is 8.92. The lowest BCUT2D eigenvalue weighted by Gasteiger charge is -2.28. The van der Waals surface area contributed by atoms with Crippen molar-refractivity contribution in [1.29, 1.82) is 0 Å². The van der Waals surface area contributed by atoms with E-state index >= 15 is 0 Å². The fourth-order valence-corrected chi connectivity index (χ4v) is 4.26. The largest absolute Gasteiger partial charge is 0.306 e. The fraction of sp³-hybridized carbons (Fsp3) is 0.643. The van der Waals surface area contributed by atoms with E-state index in [0.29, 0.717) is 5.92 Å². The monoisotopic (exact) mass is 263 g/mol. The van der Waals surface area contributed by atoms with E-state index in [2.05, 4.69) is 37.1 Å². The summed E-state index contributed by atoms with van der Waals surface area (Å²) < 4.78 is 2.34. The van der Waals surface area contributed by atoms with Crippen LogP contribution in [0.2, 0.25) is 0 Å².